The van der Waals surface area contributed by atoms with Crippen LogP contribution in [0.5, 0.6) is 0 Å². The molecule has 100 valence electrons. The molecule has 3 heteroatoms. The normalized spacial score (nSPS) is 33.2. The summed E-state index contributed by atoms with van der Waals surface area (Å²) in [5.41, 5.74) is 1.28. The largest absolute Gasteiger partial charge is 0.374 e. The summed E-state index contributed by atoms with van der Waals surface area (Å²) < 4.78 is 5.81. The molecular formula is C15H23NO2. The van der Waals surface area contributed by atoms with Gasteiger partial charge in [-0.15, -0.1) is 0 Å². The van der Waals surface area contributed by atoms with E-state index in [-0.39, 0.29) is 5.91 Å². The first kappa shape index (κ1) is 12.2. The highest BCUT2D eigenvalue weighted by Crippen LogP contribution is 2.36. The molecule has 3 nitrogen and oxygen atoms in total. The first-order chi connectivity index (χ1) is 8.75. The van der Waals surface area contributed by atoms with Gasteiger partial charge in [0.1, 0.15) is 0 Å². The zero-order valence-corrected chi connectivity index (χ0v) is 11.2. The van der Waals surface area contributed by atoms with E-state index < -0.39 is 0 Å². The van der Waals surface area contributed by atoms with Gasteiger partial charge in [-0.2, -0.15) is 0 Å². The fourth-order valence-electron chi connectivity index (χ4n) is 3.30. The highest BCUT2D eigenvalue weighted by Gasteiger charge is 2.36. The second kappa shape index (κ2) is 5.04. The van der Waals surface area contributed by atoms with Gasteiger partial charge >= 0.3 is 0 Å². The number of allylic oxidation sites excluding steroid dienone is 1. The van der Waals surface area contributed by atoms with Crippen LogP contribution in [-0.4, -0.2) is 36.1 Å². The van der Waals surface area contributed by atoms with Gasteiger partial charge in [0.05, 0.1) is 18.8 Å². The summed E-state index contributed by atoms with van der Waals surface area (Å²) in [7, 11) is 0. The van der Waals surface area contributed by atoms with E-state index in [0.717, 1.165) is 19.4 Å². The van der Waals surface area contributed by atoms with Gasteiger partial charge in [0.25, 0.3) is 0 Å². The summed E-state index contributed by atoms with van der Waals surface area (Å²) in [6.07, 6.45) is 9.45. The highest BCUT2D eigenvalue weighted by molar-refractivity contribution is 5.88. The van der Waals surface area contributed by atoms with Crippen molar-refractivity contribution in [2.75, 3.05) is 13.2 Å². The third-order valence-electron chi connectivity index (χ3n) is 4.59. The number of carbonyl (C=O) groups is 1. The standard InChI is InChI=1S/C15H23NO2/c1-11(12-6-7-12)10-15(17)16-8-9-18-14-5-3-2-4-13(14)16/h10,12-14H,2-9H2,1H3/b11-10+/t13-,14+/m0/s1. The van der Waals surface area contributed by atoms with Gasteiger partial charge in [-0.1, -0.05) is 18.4 Å². The first-order valence-corrected chi connectivity index (χ1v) is 7.36. The van der Waals surface area contributed by atoms with Gasteiger partial charge in [0, 0.05) is 12.6 Å². The highest BCUT2D eigenvalue weighted by atomic mass is 16.5. The maximum absolute atomic E-state index is 12.4. The van der Waals surface area contributed by atoms with E-state index in [0.29, 0.717) is 24.7 Å². The van der Waals surface area contributed by atoms with Gasteiger partial charge in [-0.25, -0.2) is 0 Å². The lowest BCUT2D eigenvalue weighted by Crippen LogP contribution is -2.54. The van der Waals surface area contributed by atoms with E-state index in [2.05, 4.69) is 11.8 Å². The number of nitrogens with zero attached hydrogens (tertiary/aromatic N) is 1. The average Bonchev–Trinajstić information content (AvgIpc) is 3.22. The monoisotopic (exact) mass is 249 g/mol. The van der Waals surface area contributed by atoms with Crippen molar-refractivity contribution < 1.29 is 9.53 Å². The van der Waals surface area contributed by atoms with Crippen molar-refractivity contribution in [3.05, 3.63) is 11.6 Å². The van der Waals surface area contributed by atoms with Gasteiger partial charge in [-0.3, -0.25) is 4.79 Å². The summed E-state index contributed by atoms with van der Waals surface area (Å²) in [5, 5.41) is 0. The molecule has 1 saturated heterocycles. The Hall–Kier alpha value is -0.830. The predicted molar refractivity (Wildman–Crippen MR) is 70.2 cm³/mol. The number of rotatable bonds is 2. The second-order valence-corrected chi connectivity index (χ2v) is 5.96. The van der Waals surface area contributed by atoms with Crippen molar-refractivity contribution in [2.24, 2.45) is 5.92 Å². The Morgan fingerprint density at radius 2 is 2.00 bits per heavy atom. The predicted octanol–water partition coefficient (Wildman–Crippen LogP) is 2.51. The number of morpholine rings is 1. The smallest absolute Gasteiger partial charge is 0.246 e. The fourth-order valence-corrected chi connectivity index (χ4v) is 3.30. The van der Waals surface area contributed by atoms with Crippen LogP contribution in [-0.2, 0) is 9.53 Å². The quantitative estimate of drug-likeness (QED) is 0.704. The Morgan fingerprint density at radius 1 is 1.22 bits per heavy atom. The lowest BCUT2D eigenvalue weighted by atomic mass is 9.90. The van der Waals surface area contributed by atoms with E-state index >= 15 is 0 Å². The Morgan fingerprint density at radius 3 is 2.78 bits per heavy atom. The van der Waals surface area contributed by atoms with Crippen molar-refractivity contribution >= 4 is 5.91 Å². The summed E-state index contributed by atoms with van der Waals surface area (Å²) in [5.74, 6) is 0.914. The summed E-state index contributed by atoms with van der Waals surface area (Å²) in [4.78, 5) is 14.5. The number of carbonyl (C=O) groups excluding carboxylic acids is 1. The van der Waals surface area contributed by atoms with Crippen LogP contribution in [0, 0.1) is 5.92 Å². The molecule has 2 atom stereocenters. The molecular weight excluding hydrogens is 226 g/mol. The van der Waals surface area contributed by atoms with Gasteiger partial charge in [-0.05, 0) is 38.5 Å². The first-order valence-electron chi connectivity index (χ1n) is 7.36. The van der Waals surface area contributed by atoms with Crippen LogP contribution in [0.1, 0.15) is 45.4 Å². The van der Waals surface area contributed by atoms with Crippen LogP contribution in [0.25, 0.3) is 0 Å². The van der Waals surface area contributed by atoms with E-state index in [1.54, 1.807) is 0 Å². The van der Waals surface area contributed by atoms with Crippen molar-refractivity contribution in [1.82, 2.24) is 4.90 Å². The van der Waals surface area contributed by atoms with Crippen LogP contribution in [0.3, 0.4) is 0 Å². The van der Waals surface area contributed by atoms with E-state index in [9.17, 15) is 4.79 Å². The number of ether oxygens (including phenoxy) is 1. The van der Waals surface area contributed by atoms with E-state index in [1.165, 1.54) is 31.3 Å². The third kappa shape index (κ3) is 2.46. The van der Waals surface area contributed by atoms with E-state index in [4.69, 9.17) is 4.74 Å². The minimum Gasteiger partial charge on any atom is -0.374 e. The second-order valence-electron chi connectivity index (χ2n) is 5.96. The molecule has 0 radical (unpaired) electrons. The molecule has 1 amide bonds. The molecule has 18 heavy (non-hydrogen) atoms. The summed E-state index contributed by atoms with van der Waals surface area (Å²) in [6.45, 7) is 3.59. The third-order valence-corrected chi connectivity index (χ3v) is 4.59. The fraction of sp³-hybridized carbons (Fsp3) is 0.800. The molecule has 0 bridgehead atoms. The van der Waals surface area contributed by atoms with Crippen molar-refractivity contribution in [2.45, 2.75) is 57.6 Å². The number of amides is 1. The molecule has 1 aliphatic heterocycles. The van der Waals surface area contributed by atoms with Crippen molar-refractivity contribution in [1.29, 1.82) is 0 Å². The lowest BCUT2D eigenvalue weighted by Gasteiger charge is -2.43. The maximum atomic E-state index is 12.4. The van der Waals surface area contributed by atoms with Crippen LogP contribution in [0.15, 0.2) is 11.6 Å². The van der Waals surface area contributed by atoms with Crippen LogP contribution < -0.4 is 0 Å². The number of fused-ring (bicyclic) bond motifs is 1. The molecule has 2 saturated carbocycles. The summed E-state index contributed by atoms with van der Waals surface area (Å²) in [6, 6.07) is 0.336. The average molecular weight is 249 g/mol. The number of hydrogen-bond donors (Lipinski definition) is 0. The summed E-state index contributed by atoms with van der Waals surface area (Å²) >= 11 is 0. The van der Waals surface area contributed by atoms with Crippen molar-refractivity contribution in [3.63, 3.8) is 0 Å². The molecule has 0 aromatic heterocycles. The number of hydrogen-bond acceptors (Lipinski definition) is 2. The molecule has 2 aliphatic carbocycles. The molecule has 3 rings (SSSR count). The Labute approximate surface area is 109 Å². The van der Waals surface area contributed by atoms with Gasteiger partial charge in [0.2, 0.25) is 5.91 Å². The SMILES string of the molecule is C/C(=C\C(=O)N1CCO[C@@H]2CCCC[C@@H]21)C1CC1. The van der Waals surface area contributed by atoms with Crippen molar-refractivity contribution in [3.8, 4) is 0 Å². The molecule has 0 unspecified atom stereocenters. The molecule has 0 spiro atoms. The Balaban J connectivity index is 1.69. The minimum atomic E-state index is 0.222. The Kier molecular flexibility index (Phi) is 3.42. The molecule has 3 aliphatic rings. The molecule has 0 aromatic carbocycles. The van der Waals surface area contributed by atoms with Gasteiger partial charge < -0.3 is 9.64 Å². The minimum absolute atomic E-state index is 0.222. The van der Waals surface area contributed by atoms with Gasteiger partial charge in [0.15, 0.2) is 0 Å². The topological polar surface area (TPSA) is 29.5 Å². The zero-order valence-electron chi connectivity index (χ0n) is 11.2. The molecule has 0 N–H and O–H groups in total. The maximum Gasteiger partial charge on any atom is 0.246 e. The van der Waals surface area contributed by atoms with Crippen LogP contribution in [0.2, 0.25) is 0 Å². The molecule has 1 heterocycles. The molecule has 0 aromatic rings. The lowest BCUT2D eigenvalue weighted by molar-refractivity contribution is -0.144. The van der Waals surface area contributed by atoms with E-state index in [1.807, 2.05) is 6.08 Å². The van der Waals surface area contributed by atoms with Crippen LogP contribution in [0.4, 0.5) is 0 Å². The van der Waals surface area contributed by atoms with Crippen LogP contribution >= 0.6 is 0 Å². The zero-order chi connectivity index (χ0) is 12.5. The Bertz CT molecular complexity index is 358. The molecule has 3 fully saturated rings.